The maximum absolute atomic E-state index is 13.3. The summed E-state index contributed by atoms with van der Waals surface area (Å²) in [7, 11) is 5.48. The first-order chi connectivity index (χ1) is 19.3. The molecule has 1 aliphatic rings. The molecule has 0 saturated heterocycles. The maximum Gasteiger partial charge on any atom is 0.308 e. The molecule has 1 fully saturated rings. The van der Waals surface area contributed by atoms with Crippen molar-refractivity contribution in [2.75, 3.05) is 34.4 Å². The highest BCUT2D eigenvalue weighted by molar-refractivity contribution is 6.32. The molecule has 8 heteroatoms. The SMILES string of the molecule is COC(=O)C1CCC(NC(=O)c2ccc(-c3ccccc3C)c(-c3ccc(Cl)c(OCCCN(C)C)c3)n2)CC1. The number of amides is 1. The quantitative estimate of drug-likeness (QED) is 0.235. The Bertz CT molecular complexity index is 1340. The van der Waals surface area contributed by atoms with Crippen molar-refractivity contribution in [3.63, 3.8) is 0 Å². The summed E-state index contributed by atoms with van der Waals surface area (Å²) in [6, 6.07) is 17.5. The number of aromatic nitrogens is 1. The van der Waals surface area contributed by atoms with Crippen LogP contribution in [0.3, 0.4) is 0 Å². The highest BCUT2D eigenvalue weighted by Gasteiger charge is 2.28. The number of hydrogen-bond donors (Lipinski definition) is 1. The van der Waals surface area contributed by atoms with E-state index in [1.807, 2.05) is 50.5 Å². The normalized spacial score (nSPS) is 16.9. The first-order valence-corrected chi connectivity index (χ1v) is 14.2. The summed E-state index contributed by atoms with van der Waals surface area (Å²) < 4.78 is 10.9. The highest BCUT2D eigenvalue weighted by Crippen LogP contribution is 2.36. The second-order valence-corrected chi connectivity index (χ2v) is 11.0. The minimum atomic E-state index is -0.228. The molecule has 1 aliphatic carbocycles. The molecule has 0 aliphatic heterocycles. The van der Waals surface area contributed by atoms with Gasteiger partial charge >= 0.3 is 5.97 Å². The van der Waals surface area contributed by atoms with E-state index in [0.29, 0.717) is 41.6 Å². The van der Waals surface area contributed by atoms with Crippen LogP contribution in [0.5, 0.6) is 5.75 Å². The molecule has 1 heterocycles. The number of rotatable bonds is 10. The number of methoxy groups -OCH3 is 1. The molecule has 1 saturated carbocycles. The third kappa shape index (κ3) is 7.40. The predicted molar refractivity (Wildman–Crippen MR) is 159 cm³/mol. The van der Waals surface area contributed by atoms with Crippen molar-refractivity contribution in [1.82, 2.24) is 15.2 Å². The fraction of sp³-hybridized carbons (Fsp3) is 0.406. The van der Waals surface area contributed by atoms with Crippen molar-refractivity contribution in [3.05, 3.63) is 70.9 Å². The number of halogens is 1. The van der Waals surface area contributed by atoms with E-state index in [1.54, 1.807) is 6.07 Å². The van der Waals surface area contributed by atoms with E-state index in [0.717, 1.165) is 48.1 Å². The Balaban J connectivity index is 1.61. The summed E-state index contributed by atoms with van der Waals surface area (Å²) in [5.74, 6) is 0.0910. The lowest BCUT2D eigenvalue weighted by Gasteiger charge is -2.27. The average molecular weight is 564 g/mol. The molecule has 4 rings (SSSR count). The van der Waals surface area contributed by atoms with E-state index in [2.05, 4.69) is 29.3 Å². The minimum absolute atomic E-state index is 0.00704. The van der Waals surface area contributed by atoms with Gasteiger partial charge < -0.3 is 19.7 Å². The summed E-state index contributed by atoms with van der Waals surface area (Å²) in [4.78, 5) is 32.2. The molecule has 7 nitrogen and oxygen atoms in total. The molecule has 0 spiro atoms. The second kappa shape index (κ2) is 13.8. The Hall–Kier alpha value is -3.42. The van der Waals surface area contributed by atoms with Crippen LogP contribution in [0, 0.1) is 12.8 Å². The fourth-order valence-electron chi connectivity index (χ4n) is 5.12. The third-order valence-corrected chi connectivity index (χ3v) is 7.68. The third-order valence-electron chi connectivity index (χ3n) is 7.37. The lowest BCUT2D eigenvalue weighted by molar-refractivity contribution is -0.146. The van der Waals surface area contributed by atoms with Gasteiger partial charge in [0.15, 0.2) is 0 Å². The summed E-state index contributed by atoms with van der Waals surface area (Å²) in [6.07, 6.45) is 3.73. The zero-order valence-corrected chi connectivity index (χ0v) is 24.5. The Kier molecular flexibility index (Phi) is 10.2. The summed E-state index contributed by atoms with van der Waals surface area (Å²) in [5, 5.41) is 3.65. The van der Waals surface area contributed by atoms with Gasteiger partial charge in [0.25, 0.3) is 5.91 Å². The van der Waals surface area contributed by atoms with Crippen molar-refractivity contribution >= 4 is 23.5 Å². The van der Waals surface area contributed by atoms with Crippen molar-refractivity contribution in [3.8, 4) is 28.1 Å². The molecule has 0 atom stereocenters. The maximum atomic E-state index is 13.3. The molecule has 1 aromatic heterocycles. The number of pyridine rings is 1. The van der Waals surface area contributed by atoms with E-state index in [-0.39, 0.29) is 23.8 Å². The van der Waals surface area contributed by atoms with Gasteiger partial charge in [-0.05, 0) is 88.5 Å². The molecule has 0 bridgehead atoms. The standard InChI is InChI=1S/C32H38ClN3O4/c1-21-8-5-6-9-25(21)26-15-17-28(31(37)34-24-13-10-22(11-14-24)32(38)39-4)35-30(26)23-12-16-27(33)29(20-23)40-19-7-18-36(2)3/h5-6,8-9,12,15-17,20,22,24H,7,10-11,13-14,18-19H2,1-4H3,(H,34,37). The van der Waals surface area contributed by atoms with Crippen molar-refractivity contribution in [1.29, 1.82) is 0 Å². The van der Waals surface area contributed by atoms with Crippen LogP contribution in [0.2, 0.25) is 5.02 Å². The number of nitrogens with zero attached hydrogens (tertiary/aromatic N) is 2. The average Bonchev–Trinajstić information content (AvgIpc) is 2.96. The smallest absolute Gasteiger partial charge is 0.308 e. The monoisotopic (exact) mass is 563 g/mol. The lowest BCUT2D eigenvalue weighted by atomic mass is 9.86. The number of benzene rings is 2. The van der Waals surface area contributed by atoms with Crippen LogP contribution in [0.25, 0.3) is 22.4 Å². The molecular formula is C32H38ClN3O4. The van der Waals surface area contributed by atoms with E-state index in [1.165, 1.54) is 7.11 Å². The van der Waals surface area contributed by atoms with E-state index >= 15 is 0 Å². The molecule has 0 radical (unpaired) electrons. The van der Waals surface area contributed by atoms with Gasteiger partial charge in [0.05, 0.1) is 30.4 Å². The van der Waals surface area contributed by atoms with Crippen LogP contribution < -0.4 is 10.1 Å². The Morgan fingerprint density at radius 3 is 2.48 bits per heavy atom. The summed E-state index contributed by atoms with van der Waals surface area (Å²) in [5.41, 5.74) is 4.92. The van der Waals surface area contributed by atoms with E-state index in [9.17, 15) is 9.59 Å². The predicted octanol–water partition coefficient (Wildman–Crippen LogP) is 6.17. The van der Waals surface area contributed by atoms with Gasteiger partial charge in [0.1, 0.15) is 11.4 Å². The zero-order valence-electron chi connectivity index (χ0n) is 23.7. The number of carbonyl (C=O) groups excluding carboxylic acids is 2. The number of esters is 1. The van der Waals surface area contributed by atoms with Crippen LogP contribution in [0.4, 0.5) is 0 Å². The van der Waals surface area contributed by atoms with Gasteiger partial charge in [0.2, 0.25) is 0 Å². The summed E-state index contributed by atoms with van der Waals surface area (Å²) >= 11 is 6.49. The number of ether oxygens (including phenoxy) is 2. The van der Waals surface area contributed by atoms with Crippen LogP contribution in [-0.2, 0) is 9.53 Å². The Labute approximate surface area is 241 Å². The second-order valence-electron chi connectivity index (χ2n) is 10.6. The van der Waals surface area contributed by atoms with Crippen LogP contribution >= 0.6 is 11.6 Å². The first kappa shape index (κ1) is 29.6. The Morgan fingerprint density at radius 2 is 1.77 bits per heavy atom. The first-order valence-electron chi connectivity index (χ1n) is 13.8. The lowest BCUT2D eigenvalue weighted by Crippen LogP contribution is -2.39. The van der Waals surface area contributed by atoms with Gasteiger partial charge in [-0.15, -0.1) is 0 Å². The van der Waals surface area contributed by atoms with Crippen molar-refractivity contribution < 1.29 is 19.1 Å². The van der Waals surface area contributed by atoms with Gasteiger partial charge in [-0.25, -0.2) is 4.98 Å². The number of nitrogens with one attached hydrogen (secondary N) is 1. The molecule has 2 aromatic carbocycles. The molecule has 212 valence electrons. The largest absolute Gasteiger partial charge is 0.492 e. The van der Waals surface area contributed by atoms with Crippen molar-refractivity contribution in [2.45, 2.75) is 45.1 Å². The van der Waals surface area contributed by atoms with Crippen LogP contribution in [-0.4, -0.2) is 62.2 Å². The molecule has 40 heavy (non-hydrogen) atoms. The molecule has 1 N–H and O–H groups in total. The number of hydrogen-bond acceptors (Lipinski definition) is 6. The van der Waals surface area contributed by atoms with Crippen LogP contribution in [0.1, 0.15) is 48.2 Å². The number of carbonyl (C=O) groups is 2. The summed E-state index contributed by atoms with van der Waals surface area (Å²) in [6.45, 7) is 3.52. The van der Waals surface area contributed by atoms with Gasteiger partial charge in [-0.3, -0.25) is 9.59 Å². The van der Waals surface area contributed by atoms with Gasteiger partial charge in [-0.1, -0.05) is 41.9 Å². The van der Waals surface area contributed by atoms with Crippen molar-refractivity contribution in [2.24, 2.45) is 5.92 Å². The van der Waals surface area contributed by atoms with E-state index < -0.39 is 0 Å². The zero-order chi connectivity index (χ0) is 28.6. The van der Waals surface area contributed by atoms with Crippen LogP contribution in [0.15, 0.2) is 54.6 Å². The topological polar surface area (TPSA) is 80.8 Å². The van der Waals surface area contributed by atoms with E-state index in [4.69, 9.17) is 26.1 Å². The highest BCUT2D eigenvalue weighted by atomic mass is 35.5. The minimum Gasteiger partial charge on any atom is -0.492 e. The van der Waals surface area contributed by atoms with Gasteiger partial charge in [-0.2, -0.15) is 0 Å². The molecule has 0 unspecified atom stereocenters. The number of aryl methyl sites for hydroxylation is 1. The molecular weight excluding hydrogens is 526 g/mol. The molecule has 1 amide bonds. The molecule has 3 aromatic rings. The van der Waals surface area contributed by atoms with Gasteiger partial charge in [0, 0.05) is 23.7 Å². The Morgan fingerprint density at radius 1 is 1.02 bits per heavy atom. The fourth-order valence-corrected chi connectivity index (χ4v) is 5.29.